The van der Waals surface area contributed by atoms with Gasteiger partial charge in [0.1, 0.15) is 5.92 Å². The maximum Gasteiger partial charge on any atom is 0.391 e. The Balaban J connectivity index is 1.62. The van der Waals surface area contributed by atoms with Crippen molar-refractivity contribution in [3.63, 3.8) is 0 Å². The molecule has 1 N–H and O–H groups in total. The minimum Gasteiger partial charge on any atom is -0.355 e. The van der Waals surface area contributed by atoms with Crippen LogP contribution in [-0.4, -0.2) is 41.3 Å². The Labute approximate surface area is 248 Å². The summed E-state index contributed by atoms with van der Waals surface area (Å²) in [5.74, 6) is -2.84. The summed E-state index contributed by atoms with van der Waals surface area (Å²) in [4.78, 5) is 42.9. The van der Waals surface area contributed by atoms with Crippen molar-refractivity contribution in [2.45, 2.75) is 117 Å². The second-order valence-corrected chi connectivity index (χ2v) is 13.8. The van der Waals surface area contributed by atoms with Gasteiger partial charge in [0.15, 0.2) is 5.78 Å². The van der Waals surface area contributed by atoms with Crippen molar-refractivity contribution in [3.05, 3.63) is 11.3 Å². The molecule has 42 heavy (non-hydrogen) atoms. The topological polar surface area (TPSA) is 90.3 Å². The van der Waals surface area contributed by atoms with Gasteiger partial charge in [-0.2, -0.15) is 18.4 Å². The third-order valence-electron chi connectivity index (χ3n) is 11.1. The Hall–Kier alpha value is -2.37. The predicted molar refractivity (Wildman–Crippen MR) is 153 cm³/mol. The maximum atomic E-state index is 14.3. The Morgan fingerprint density at radius 2 is 1.69 bits per heavy atom. The van der Waals surface area contributed by atoms with Crippen molar-refractivity contribution < 1.29 is 27.6 Å². The minimum absolute atomic E-state index is 0.0254. The van der Waals surface area contributed by atoms with Gasteiger partial charge in [0.05, 0.1) is 12.0 Å². The van der Waals surface area contributed by atoms with E-state index >= 15 is 0 Å². The first-order valence-electron chi connectivity index (χ1n) is 16.1. The lowest BCUT2D eigenvalue weighted by atomic mass is 9.65. The number of hydrogen-bond acceptors (Lipinski definition) is 4. The Bertz CT molecular complexity index is 1090. The predicted octanol–water partition coefficient (Wildman–Crippen LogP) is 6.95. The largest absolute Gasteiger partial charge is 0.391 e. The fourth-order valence-electron chi connectivity index (χ4n) is 8.47. The van der Waals surface area contributed by atoms with E-state index in [1.54, 1.807) is 6.92 Å². The molecule has 0 aromatic heterocycles. The highest BCUT2D eigenvalue weighted by atomic mass is 19.4. The molecule has 2 amide bonds. The van der Waals surface area contributed by atoms with E-state index in [1.807, 2.05) is 0 Å². The summed E-state index contributed by atoms with van der Waals surface area (Å²) in [6.07, 6.45) is 2.92. The zero-order valence-electron chi connectivity index (χ0n) is 25.6. The second-order valence-electron chi connectivity index (χ2n) is 13.8. The van der Waals surface area contributed by atoms with Gasteiger partial charge in [0, 0.05) is 35.7 Å². The van der Waals surface area contributed by atoms with Gasteiger partial charge in [0.2, 0.25) is 11.8 Å². The molecule has 4 aliphatic rings. The van der Waals surface area contributed by atoms with Crippen LogP contribution in [0.3, 0.4) is 0 Å². The van der Waals surface area contributed by atoms with Crippen LogP contribution in [0.2, 0.25) is 0 Å². The highest BCUT2D eigenvalue weighted by molar-refractivity contribution is 6.06. The molecule has 0 bridgehead atoms. The molecule has 1 heterocycles. The minimum atomic E-state index is -4.36. The van der Waals surface area contributed by atoms with Crippen LogP contribution < -0.4 is 5.32 Å². The van der Waals surface area contributed by atoms with Crippen molar-refractivity contribution in [1.29, 1.82) is 5.26 Å². The van der Waals surface area contributed by atoms with Gasteiger partial charge in [-0.15, -0.1) is 0 Å². The van der Waals surface area contributed by atoms with Gasteiger partial charge in [0.25, 0.3) is 0 Å². The first-order chi connectivity index (χ1) is 19.8. The second kappa shape index (κ2) is 13.5. The number of halogens is 3. The van der Waals surface area contributed by atoms with Crippen molar-refractivity contribution in [2.75, 3.05) is 6.54 Å². The molecule has 3 fully saturated rings. The lowest BCUT2D eigenvalue weighted by Gasteiger charge is -2.47. The molecule has 1 aliphatic heterocycles. The van der Waals surface area contributed by atoms with E-state index in [4.69, 9.17) is 0 Å². The molecule has 9 heteroatoms. The molecule has 7 unspecified atom stereocenters. The number of nitrogens with zero attached hydrogens (tertiary/aromatic N) is 2. The summed E-state index contributed by atoms with van der Waals surface area (Å²) in [6.45, 7) is 8.07. The van der Waals surface area contributed by atoms with Crippen LogP contribution in [0.4, 0.5) is 13.2 Å². The molecule has 234 valence electrons. The van der Waals surface area contributed by atoms with Crippen LogP contribution in [0.5, 0.6) is 0 Å². The molecular weight excluding hydrogens is 543 g/mol. The SMILES string of the molecule is CC(=O)C1=C(C)N(C2CCCC(C(F)(F)F)C2)C(=O)C(C(=O)NCCC2CCC(C)C(C)C2)C1C1CCC(C#N)CC1. The molecule has 0 radical (unpaired) electrons. The van der Waals surface area contributed by atoms with Crippen LogP contribution in [0.1, 0.15) is 105 Å². The number of carbonyl (C=O) groups excluding carboxylic acids is 3. The monoisotopic (exact) mass is 591 g/mol. The van der Waals surface area contributed by atoms with E-state index in [-0.39, 0.29) is 30.5 Å². The third kappa shape index (κ3) is 7.05. The van der Waals surface area contributed by atoms with Crippen molar-refractivity contribution in [3.8, 4) is 6.07 Å². The third-order valence-corrected chi connectivity index (χ3v) is 11.1. The fraction of sp³-hybridized carbons (Fsp3) is 0.818. The van der Waals surface area contributed by atoms with E-state index in [9.17, 15) is 32.8 Å². The van der Waals surface area contributed by atoms with Crippen molar-refractivity contribution in [1.82, 2.24) is 10.2 Å². The molecular formula is C33H48F3N3O3. The van der Waals surface area contributed by atoms with Crippen LogP contribution in [0.25, 0.3) is 0 Å². The lowest BCUT2D eigenvalue weighted by Crippen LogP contribution is -2.56. The maximum absolute atomic E-state index is 14.3. The number of ketones is 1. The number of amides is 2. The molecule has 4 rings (SSSR count). The van der Waals surface area contributed by atoms with Crippen LogP contribution in [0, 0.1) is 58.7 Å². The standard InChI is InChI=1S/C33H48F3N3O3/c1-19-8-9-23(16-20(19)2)14-15-38-31(41)30-29(25-12-10-24(18-37)11-13-25)28(22(4)40)21(3)39(32(30)42)27-7-5-6-26(17-27)33(34,35)36/h19-20,23-27,29-30H,5-17H2,1-4H3,(H,38,41). The Morgan fingerprint density at radius 1 is 1.00 bits per heavy atom. The van der Waals surface area contributed by atoms with E-state index in [0.717, 1.165) is 25.7 Å². The lowest BCUT2D eigenvalue weighted by molar-refractivity contribution is -0.188. The van der Waals surface area contributed by atoms with Crippen LogP contribution in [0.15, 0.2) is 11.3 Å². The van der Waals surface area contributed by atoms with E-state index in [0.29, 0.717) is 74.1 Å². The summed E-state index contributed by atoms with van der Waals surface area (Å²) in [6, 6.07) is 1.61. The number of rotatable bonds is 7. The highest BCUT2D eigenvalue weighted by Crippen LogP contribution is 2.47. The van der Waals surface area contributed by atoms with Gasteiger partial charge in [-0.05, 0) is 95.3 Å². The quantitative estimate of drug-likeness (QED) is 0.324. The normalized spacial score (nSPS) is 36.4. The molecule has 0 saturated heterocycles. The zero-order chi connectivity index (χ0) is 30.8. The number of alkyl halides is 3. The van der Waals surface area contributed by atoms with Gasteiger partial charge in [-0.25, -0.2) is 0 Å². The van der Waals surface area contributed by atoms with E-state index in [1.165, 1.54) is 11.8 Å². The highest BCUT2D eigenvalue weighted by Gasteiger charge is 2.52. The summed E-state index contributed by atoms with van der Waals surface area (Å²) >= 11 is 0. The average molecular weight is 592 g/mol. The van der Waals surface area contributed by atoms with Crippen molar-refractivity contribution in [2.24, 2.45) is 47.3 Å². The molecule has 7 atom stereocenters. The van der Waals surface area contributed by atoms with E-state index < -0.39 is 41.8 Å². The van der Waals surface area contributed by atoms with Crippen molar-refractivity contribution >= 4 is 17.6 Å². The van der Waals surface area contributed by atoms with Gasteiger partial charge in [-0.1, -0.05) is 33.1 Å². The summed E-state index contributed by atoms with van der Waals surface area (Å²) in [7, 11) is 0. The van der Waals surface area contributed by atoms with Crippen LogP contribution in [-0.2, 0) is 14.4 Å². The van der Waals surface area contributed by atoms with Gasteiger partial charge in [-0.3, -0.25) is 14.4 Å². The van der Waals surface area contributed by atoms with Gasteiger partial charge < -0.3 is 10.2 Å². The number of nitrogens with one attached hydrogen (secondary N) is 1. The first kappa shape index (κ1) is 32.5. The summed E-state index contributed by atoms with van der Waals surface area (Å²) in [5.41, 5.74) is 0.807. The fourth-order valence-corrected chi connectivity index (χ4v) is 8.47. The molecule has 0 spiro atoms. The molecule has 0 aromatic carbocycles. The molecule has 3 aliphatic carbocycles. The number of carbonyl (C=O) groups is 3. The average Bonchev–Trinajstić information content (AvgIpc) is 2.94. The zero-order valence-corrected chi connectivity index (χ0v) is 25.6. The van der Waals surface area contributed by atoms with Crippen LogP contribution >= 0.6 is 0 Å². The van der Waals surface area contributed by atoms with E-state index in [2.05, 4.69) is 25.2 Å². The molecule has 0 aromatic rings. The first-order valence-corrected chi connectivity index (χ1v) is 16.1. The number of hydrogen-bond donors (Lipinski definition) is 1. The number of Topliss-reactive ketones (excluding diaryl/α,β-unsaturated/α-hetero) is 1. The molecule has 6 nitrogen and oxygen atoms in total. The smallest absolute Gasteiger partial charge is 0.355 e. The number of allylic oxidation sites excluding steroid dienone is 2. The summed E-state index contributed by atoms with van der Waals surface area (Å²) in [5, 5.41) is 12.5. The Kier molecular flexibility index (Phi) is 10.5. The molecule has 3 saturated carbocycles. The van der Waals surface area contributed by atoms with Gasteiger partial charge >= 0.3 is 6.18 Å². The Morgan fingerprint density at radius 3 is 2.29 bits per heavy atom. The summed E-state index contributed by atoms with van der Waals surface area (Å²) < 4.78 is 41.2. The number of nitriles is 1.